The van der Waals surface area contributed by atoms with Crippen LogP contribution in [0.4, 0.5) is 0 Å². The maximum Gasteiger partial charge on any atom is 0.333 e. The van der Waals surface area contributed by atoms with Crippen molar-refractivity contribution in [3.8, 4) is 0 Å². The summed E-state index contributed by atoms with van der Waals surface area (Å²) in [4.78, 5) is 15.7. The molecule has 0 amide bonds. The number of carbonyl (C=O) groups is 1. The molecule has 0 radical (unpaired) electrons. The fourth-order valence-electron chi connectivity index (χ4n) is 1.16. The number of carbonyl (C=O) groups excluding carboxylic acids is 1. The molecule has 3 nitrogen and oxygen atoms in total. The second kappa shape index (κ2) is 6.59. The van der Waals surface area contributed by atoms with Crippen molar-refractivity contribution in [3.63, 3.8) is 0 Å². The van der Waals surface area contributed by atoms with Crippen LogP contribution in [0.3, 0.4) is 0 Å². The van der Waals surface area contributed by atoms with Crippen molar-refractivity contribution < 1.29 is 9.53 Å². The van der Waals surface area contributed by atoms with E-state index in [4.69, 9.17) is 4.74 Å². The molecule has 0 N–H and O–H groups in total. The molecule has 1 atom stereocenters. The summed E-state index contributed by atoms with van der Waals surface area (Å²) in [6.07, 6.45) is 2.72. The lowest BCUT2D eigenvalue weighted by molar-refractivity contribution is -0.150. The predicted octanol–water partition coefficient (Wildman–Crippen LogP) is 2.84. The fraction of sp³-hybridized carbons (Fsp3) is 0.833. The van der Waals surface area contributed by atoms with Crippen molar-refractivity contribution in [1.82, 2.24) is 0 Å². The van der Waals surface area contributed by atoms with Gasteiger partial charge in [-0.2, -0.15) is 0 Å². The van der Waals surface area contributed by atoms with Gasteiger partial charge in [0.1, 0.15) is 0 Å². The number of rotatable bonds is 7. The van der Waals surface area contributed by atoms with Gasteiger partial charge in [-0.15, -0.1) is 0 Å². The standard InChI is InChI=1S/C12H23NO2/c1-6-7-8-12(4,13-5)11(14)15-9-10(2)3/h10H,5-9H2,1-4H3. The molecular formula is C12H23NO2. The lowest BCUT2D eigenvalue weighted by Gasteiger charge is -2.22. The van der Waals surface area contributed by atoms with Gasteiger partial charge in [-0.3, -0.25) is 4.99 Å². The number of aliphatic imine (C=N–C) groups is 1. The molecule has 0 saturated carbocycles. The van der Waals surface area contributed by atoms with Crippen molar-refractivity contribution in [2.24, 2.45) is 10.9 Å². The molecule has 0 saturated heterocycles. The summed E-state index contributed by atoms with van der Waals surface area (Å²) in [5.74, 6) is 0.105. The molecule has 88 valence electrons. The van der Waals surface area contributed by atoms with Gasteiger partial charge < -0.3 is 4.74 Å². The minimum Gasteiger partial charge on any atom is -0.464 e. The third-order valence-corrected chi connectivity index (χ3v) is 2.35. The largest absolute Gasteiger partial charge is 0.464 e. The van der Waals surface area contributed by atoms with Gasteiger partial charge in [0.15, 0.2) is 5.54 Å². The van der Waals surface area contributed by atoms with E-state index in [-0.39, 0.29) is 5.97 Å². The number of nitrogens with zero attached hydrogens (tertiary/aromatic N) is 1. The van der Waals surface area contributed by atoms with Crippen LogP contribution in [-0.4, -0.2) is 24.8 Å². The van der Waals surface area contributed by atoms with Gasteiger partial charge in [0.25, 0.3) is 0 Å². The van der Waals surface area contributed by atoms with Crippen LogP contribution in [0.25, 0.3) is 0 Å². The van der Waals surface area contributed by atoms with E-state index < -0.39 is 5.54 Å². The van der Waals surface area contributed by atoms with E-state index in [2.05, 4.69) is 18.6 Å². The Bertz CT molecular complexity index is 214. The number of unbranched alkanes of at least 4 members (excludes halogenated alkanes) is 1. The first-order chi connectivity index (χ1) is 6.96. The summed E-state index contributed by atoms with van der Waals surface area (Å²) in [7, 11) is 0. The molecule has 0 rings (SSSR count). The zero-order chi connectivity index (χ0) is 11.9. The smallest absolute Gasteiger partial charge is 0.333 e. The van der Waals surface area contributed by atoms with Gasteiger partial charge >= 0.3 is 5.97 Å². The average molecular weight is 213 g/mol. The monoisotopic (exact) mass is 213 g/mol. The second-order valence-corrected chi connectivity index (χ2v) is 4.53. The Balaban J connectivity index is 4.24. The second-order valence-electron chi connectivity index (χ2n) is 4.53. The van der Waals surface area contributed by atoms with Gasteiger partial charge in [-0.1, -0.05) is 33.6 Å². The van der Waals surface area contributed by atoms with E-state index in [0.717, 1.165) is 12.8 Å². The number of hydrogen-bond acceptors (Lipinski definition) is 3. The summed E-state index contributed by atoms with van der Waals surface area (Å²) >= 11 is 0. The topological polar surface area (TPSA) is 38.7 Å². The van der Waals surface area contributed by atoms with Crippen LogP contribution in [-0.2, 0) is 9.53 Å². The molecule has 0 aromatic heterocycles. The third kappa shape index (κ3) is 4.96. The maximum absolute atomic E-state index is 11.8. The lowest BCUT2D eigenvalue weighted by atomic mass is 9.96. The molecule has 0 aromatic carbocycles. The van der Waals surface area contributed by atoms with Crippen LogP contribution < -0.4 is 0 Å². The van der Waals surface area contributed by atoms with E-state index in [9.17, 15) is 4.79 Å². The molecule has 0 aliphatic heterocycles. The highest BCUT2D eigenvalue weighted by atomic mass is 16.5. The summed E-state index contributed by atoms with van der Waals surface area (Å²) in [6, 6.07) is 0. The van der Waals surface area contributed by atoms with E-state index in [1.54, 1.807) is 6.92 Å². The highest BCUT2D eigenvalue weighted by Crippen LogP contribution is 2.20. The Hall–Kier alpha value is -0.860. The molecule has 15 heavy (non-hydrogen) atoms. The van der Waals surface area contributed by atoms with E-state index in [1.807, 2.05) is 13.8 Å². The lowest BCUT2D eigenvalue weighted by Crippen LogP contribution is -2.35. The first-order valence-electron chi connectivity index (χ1n) is 5.61. The van der Waals surface area contributed by atoms with Crippen LogP contribution in [0.2, 0.25) is 0 Å². The van der Waals surface area contributed by atoms with Crippen LogP contribution in [0, 0.1) is 5.92 Å². The predicted molar refractivity (Wildman–Crippen MR) is 63.3 cm³/mol. The van der Waals surface area contributed by atoms with Gasteiger partial charge in [-0.05, 0) is 26.0 Å². The highest BCUT2D eigenvalue weighted by Gasteiger charge is 2.32. The SMILES string of the molecule is C=NC(C)(CCCC)C(=O)OCC(C)C. The van der Waals surface area contributed by atoms with E-state index >= 15 is 0 Å². The van der Waals surface area contributed by atoms with Crippen molar-refractivity contribution in [2.45, 2.75) is 52.5 Å². The summed E-state index contributed by atoms with van der Waals surface area (Å²) in [5.41, 5.74) is -0.759. The zero-order valence-electron chi connectivity index (χ0n) is 10.4. The maximum atomic E-state index is 11.8. The van der Waals surface area contributed by atoms with Crippen molar-refractivity contribution in [3.05, 3.63) is 0 Å². The normalized spacial score (nSPS) is 14.7. The Labute approximate surface area is 92.9 Å². The van der Waals surface area contributed by atoms with E-state index in [0.29, 0.717) is 18.9 Å². The van der Waals surface area contributed by atoms with Crippen molar-refractivity contribution in [1.29, 1.82) is 0 Å². The zero-order valence-corrected chi connectivity index (χ0v) is 10.4. The molecule has 0 aliphatic carbocycles. The van der Waals surface area contributed by atoms with Gasteiger partial charge in [0.05, 0.1) is 6.61 Å². The summed E-state index contributed by atoms with van der Waals surface area (Å²) < 4.78 is 5.18. The molecule has 0 aliphatic rings. The number of esters is 1. The van der Waals surface area contributed by atoms with Crippen LogP contribution in [0.1, 0.15) is 47.0 Å². The van der Waals surface area contributed by atoms with Gasteiger partial charge in [0, 0.05) is 0 Å². The van der Waals surface area contributed by atoms with Crippen molar-refractivity contribution in [2.75, 3.05) is 6.61 Å². The average Bonchev–Trinajstić information content (AvgIpc) is 2.22. The Kier molecular flexibility index (Phi) is 6.21. The van der Waals surface area contributed by atoms with Crippen molar-refractivity contribution >= 4 is 12.7 Å². The molecule has 0 spiro atoms. The third-order valence-electron chi connectivity index (χ3n) is 2.35. The Morgan fingerprint density at radius 3 is 2.53 bits per heavy atom. The van der Waals surface area contributed by atoms with E-state index in [1.165, 1.54) is 0 Å². The molecule has 0 heterocycles. The number of hydrogen-bond donors (Lipinski definition) is 0. The van der Waals surface area contributed by atoms with Gasteiger partial charge in [0.2, 0.25) is 0 Å². The molecule has 0 aromatic rings. The fourth-order valence-corrected chi connectivity index (χ4v) is 1.16. The Morgan fingerprint density at radius 1 is 1.53 bits per heavy atom. The first kappa shape index (κ1) is 14.1. The molecule has 3 heteroatoms. The number of ether oxygens (including phenoxy) is 1. The highest BCUT2D eigenvalue weighted by molar-refractivity contribution is 5.81. The quantitative estimate of drug-likeness (QED) is 0.482. The van der Waals surface area contributed by atoms with Crippen LogP contribution in [0.5, 0.6) is 0 Å². The van der Waals surface area contributed by atoms with Gasteiger partial charge in [-0.25, -0.2) is 4.79 Å². The molecule has 0 fully saturated rings. The molecule has 1 unspecified atom stereocenters. The minimum absolute atomic E-state index is 0.250. The van der Waals surface area contributed by atoms with Crippen LogP contribution >= 0.6 is 0 Å². The summed E-state index contributed by atoms with van der Waals surface area (Å²) in [5, 5.41) is 0. The van der Waals surface area contributed by atoms with Crippen LogP contribution in [0.15, 0.2) is 4.99 Å². The minimum atomic E-state index is -0.759. The Morgan fingerprint density at radius 2 is 2.13 bits per heavy atom. The first-order valence-corrected chi connectivity index (χ1v) is 5.61. The molecular weight excluding hydrogens is 190 g/mol. The summed E-state index contributed by atoms with van der Waals surface area (Å²) in [6.45, 7) is 11.8. The molecule has 0 bridgehead atoms.